The molecule has 5 nitrogen and oxygen atoms in total. The number of halogens is 1. The van der Waals surface area contributed by atoms with E-state index in [4.69, 9.17) is 4.74 Å². The predicted octanol–water partition coefficient (Wildman–Crippen LogP) is 4.68. The van der Waals surface area contributed by atoms with Crippen LogP contribution in [0, 0.1) is 5.82 Å². The van der Waals surface area contributed by atoms with Gasteiger partial charge in [-0.15, -0.1) is 0 Å². The summed E-state index contributed by atoms with van der Waals surface area (Å²) in [6, 6.07) is 21.3. The van der Waals surface area contributed by atoms with Crippen molar-refractivity contribution in [1.29, 1.82) is 0 Å². The molecule has 33 heavy (non-hydrogen) atoms. The Balaban J connectivity index is 1.55. The third kappa shape index (κ3) is 7.17. The van der Waals surface area contributed by atoms with E-state index in [1.54, 1.807) is 24.1 Å². The first kappa shape index (κ1) is 24.0. The molecule has 0 bridgehead atoms. The molecule has 0 unspecified atom stereocenters. The van der Waals surface area contributed by atoms with Crippen LogP contribution in [0.4, 0.5) is 10.1 Å². The van der Waals surface area contributed by atoms with Gasteiger partial charge in [0.25, 0.3) is 0 Å². The highest BCUT2D eigenvalue weighted by molar-refractivity contribution is 5.93. The summed E-state index contributed by atoms with van der Waals surface area (Å²) in [5.41, 5.74) is 3.59. The average Bonchev–Trinajstić information content (AvgIpc) is 2.84. The molecule has 0 saturated heterocycles. The van der Waals surface area contributed by atoms with Crippen LogP contribution in [0.15, 0.2) is 72.8 Å². The van der Waals surface area contributed by atoms with Gasteiger partial charge in [0, 0.05) is 18.7 Å². The molecular formula is C27H29FN2O3. The van der Waals surface area contributed by atoms with Gasteiger partial charge in [0.05, 0.1) is 20.1 Å². The van der Waals surface area contributed by atoms with E-state index in [0.29, 0.717) is 19.5 Å². The van der Waals surface area contributed by atoms with Crippen LogP contribution in [0.3, 0.4) is 0 Å². The molecule has 0 radical (unpaired) electrons. The van der Waals surface area contributed by atoms with Crippen LogP contribution in [-0.2, 0) is 29.0 Å². The summed E-state index contributed by atoms with van der Waals surface area (Å²) in [7, 11) is 1.63. The van der Waals surface area contributed by atoms with Crippen LogP contribution in [0.1, 0.15) is 30.0 Å². The molecule has 1 N–H and O–H groups in total. The number of methoxy groups -OCH3 is 1. The smallest absolute Gasteiger partial charge is 0.227 e. The van der Waals surface area contributed by atoms with Crippen molar-refractivity contribution in [3.05, 3.63) is 95.3 Å². The maximum Gasteiger partial charge on any atom is 0.227 e. The number of ether oxygens (including phenoxy) is 1. The summed E-state index contributed by atoms with van der Waals surface area (Å²) in [4.78, 5) is 26.5. The van der Waals surface area contributed by atoms with E-state index in [1.807, 2.05) is 55.5 Å². The van der Waals surface area contributed by atoms with Crippen LogP contribution in [-0.4, -0.2) is 25.5 Å². The third-order valence-corrected chi connectivity index (χ3v) is 5.37. The standard InChI is InChI=1S/C27H29FN2O3/c1-3-27(32)30(19-22-4-10-23(28)11-5-22)24-12-6-21(7-13-24)18-26(31)29-17-16-20-8-14-25(33-2)15-9-20/h4-15H,3,16-19H2,1-2H3,(H,29,31). The Hall–Kier alpha value is -3.67. The van der Waals surface area contributed by atoms with Crippen molar-refractivity contribution >= 4 is 17.5 Å². The van der Waals surface area contributed by atoms with E-state index < -0.39 is 0 Å². The molecule has 6 heteroatoms. The molecule has 3 aromatic rings. The molecule has 3 aromatic carbocycles. The molecule has 172 valence electrons. The Kier molecular flexibility index (Phi) is 8.58. The van der Waals surface area contributed by atoms with Crippen molar-refractivity contribution in [2.75, 3.05) is 18.6 Å². The summed E-state index contributed by atoms with van der Waals surface area (Å²) in [6.45, 7) is 2.72. The number of benzene rings is 3. The fourth-order valence-electron chi connectivity index (χ4n) is 3.47. The monoisotopic (exact) mass is 448 g/mol. The van der Waals surface area contributed by atoms with E-state index in [-0.39, 0.29) is 24.1 Å². The molecule has 0 saturated carbocycles. The largest absolute Gasteiger partial charge is 0.497 e. The van der Waals surface area contributed by atoms with E-state index in [1.165, 1.54) is 12.1 Å². The maximum atomic E-state index is 13.2. The average molecular weight is 449 g/mol. The summed E-state index contributed by atoms with van der Waals surface area (Å²) >= 11 is 0. The first-order valence-corrected chi connectivity index (χ1v) is 11.0. The Morgan fingerprint density at radius 2 is 1.48 bits per heavy atom. The van der Waals surface area contributed by atoms with Crippen molar-refractivity contribution in [2.24, 2.45) is 0 Å². The lowest BCUT2D eigenvalue weighted by atomic mass is 10.1. The minimum Gasteiger partial charge on any atom is -0.497 e. The number of hydrogen-bond donors (Lipinski definition) is 1. The first-order chi connectivity index (χ1) is 16.0. The fourth-order valence-corrected chi connectivity index (χ4v) is 3.47. The van der Waals surface area contributed by atoms with E-state index in [9.17, 15) is 14.0 Å². The predicted molar refractivity (Wildman–Crippen MR) is 128 cm³/mol. The SMILES string of the molecule is CCC(=O)N(Cc1ccc(F)cc1)c1ccc(CC(=O)NCCc2ccc(OC)cc2)cc1. The molecule has 0 heterocycles. The van der Waals surface area contributed by atoms with Gasteiger partial charge in [0.15, 0.2) is 0 Å². The number of nitrogens with one attached hydrogen (secondary N) is 1. The van der Waals surface area contributed by atoms with Crippen molar-refractivity contribution in [3.8, 4) is 5.75 Å². The first-order valence-electron chi connectivity index (χ1n) is 11.0. The van der Waals surface area contributed by atoms with Crippen molar-refractivity contribution in [3.63, 3.8) is 0 Å². The minimum absolute atomic E-state index is 0.0247. The van der Waals surface area contributed by atoms with E-state index in [2.05, 4.69) is 5.32 Å². The Labute approximate surface area is 194 Å². The molecule has 0 atom stereocenters. The number of hydrogen-bond acceptors (Lipinski definition) is 3. The number of amides is 2. The van der Waals surface area contributed by atoms with Gasteiger partial charge in [-0.3, -0.25) is 9.59 Å². The Bertz CT molecular complexity index is 1050. The normalized spacial score (nSPS) is 10.5. The highest BCUT2D eigenvalue weighted by atomic mass is 19.1. The van der Waals surface area contributed by atoms with Crippen LogP contribution in [0.2, 0.25) is 0 Å². The number of anilines is 1. The zero-order chi connectivity index (χ0) is 23.6. The molecule has 0 aliphatic carbocycles. The lowest BCUT2D eigenvalue weighted by Crippen LogP contribution is -2.29. The number of carbonyl (C=O) groups is 2. The van der Waals surface area contributed by atoms with E-state index >= 15 is 0 Å². The molecule has 0 aliphatic rings. The quantitative estimate of drug-likeness (QED) is 0.490. The summed E-state index contributed by atoms with van der Waals surface area (Å²) in [5, 5.41) is 2.94. The molecular weight excluding hydrogens is 419 g/mol. The zero-order valence-electron chi connectivity index (χ0n) is 19.0. The number of rotatable bonds is 10. The van der Waals surface area contributed by atoms with Crippen LogP contribution >= 0.6 is 0 Å². The lowest BCUT2D eigenvalue weighted by Gasteiger charge is -2.23. The van der Waals surface area contributed by atoms with Gasteiger partial charge in [0.2, 0.25) is 11.8 Å². The minimum atomic E-state index is -0.307. The van der Waals surface area contributed by atoms with Gasteiger partial charge in [-0.1, -0.05) is 43.3 Å². The third-order valence-electron chi connectivity index (χ3n) is 5.37. The maximum absolute atomic E-state index is 13.2. The molecule has 0 spiro atoms. The van der Waals surface area contributed by atoms with Gasteiger partial charge in [0.1, 0.15) is 11.6 Å². The van der Waals surface area contributed by atoms with Gasteiger partial charge in [-0.25, -0.2) is 4.39 Å². The summed E-state index contributed by atoms with van der Waals surface area (Å²) in [6.07, 6.45) is 1.37. The van der Waals surface area contributed by atoms with Gasteiger partial charge >= 0.3 is 0 Å². The Morgan fingerprint density at radius 1 is 0.879 bits per heavy atom. The van der Waals surface area contributed by atoms with Crippen molar-refractivity contribution in [1.82, 2.24) is 5.32 Å². The summed E-state index contributed by atoms with van der Waals surface area (Å²) < 4.78 is 18.3. The highest BCUT2D eigenvalue weighted by Gasteiger charge is 2.15. The molecule has 0 aliphatic heterocycles. The molecule has 3 rings (SSSR count). The van der Waals surface area contributed by atoms with Crippen LogP contribution in [0.25, 0.3) is 0 Å². The lowest BCUT2D eigenvalue weighted by molar-refractivity contribution is -0.120. The van der Waals surface area contributed by atoms with Gasteiger partial charge in [-0.05, 0) is 59.5 Å². The zero-order valence-corrected chi connectivity index (χ0v) is 19.0. The van der Waals surface area contributed by atoms with Crippen molar-refractivity contribution < 1.29 is 18.7 Å². The van der Waals surface area contributed by atoms with Gasteiger partial charge < -0.3 is 15.0 Å². The number of nitrogens with zero attached hydrogens (tertiary/aromatic N) is 1. The molecule has 2 amide bonds. The number of carbonyl (C=O) groups excluding carboxylic acids is 2. The fraction of sp³-hybridized carbons (Fsp3) is 0.259. The second-order valence-corrected chi connectivity index (χ2v) is 7.75. The topological polar surface area (TPSA) is 58.6 Å². The van der Waals surface area contributed by atoms with Crippen molar-refractivity contribution in [2.45, 2.75) is 32.7 Å². The summed E-state index contributed by atoms with van der Waals surface area (Å²) in [5.74, 6) is 0.425. The molecule has 0 aromatic heterocycles. The second-order valence-electron chi connectivity index (χ2n) is 7.75. The highest BCUT2D eigenvalue weighted by Crippen LogP contribution is 2.20. The van der Waals surface area contributed by atoms with E-state index in [0.717, 1.165) is 34.5 Å². The van der Waals surface area contributed by atoms with Gasteiger partial charge in [-0.2, -0.15) is 0 Å². The van der Waals surface area contributed by atoms with Crippen LogP contribution < -0.4 is 15.0 Å². The Morgan fingerprint density at radius 3 is 2.09 bits per heavy atom. The second kappa shape index (κ2) is 11.8. The van der Waals surface area contributed by atoms with Crippen LogP contribution in [0.5, 0.6) is 5.75 Å². The molecule has 0 fully saturated rings.